The first-order chi connectivity index (χ1) is 14.3. The van der Waals surface area contributed by atoms with Crippen LogP contribution in [0.4, 0.5) is 0 Å². The number of para-hydroxylation sites is 1. The molecule has 5 nitrogen and oxygen atoms in total. The van der Waals surface area contributed by atoms with Crippen molar-refractivity contribution in [3.05, 3.63) is 65.2 Å². The van der Waals surface area contributed by atoms with Gasteiger partial charge in [-0.3, -0.25) is 14.7 Å². The van der Waals surface area contributed by atoms with E-state index >= 15 is 0 Å². The Morgan fingerprint density at radius 3 is 2.72 bits per heavy atom. The molecule has 1 aromatic carbocycles. The first-order valence-electron chi connectivity index (χ1n) is 10.8. The number of amides is 1. The number of aromatic nitrogens is 1. The van der Waals surface area contributed by atoms with Gasteiger partial charge in [0.05, 0.1) is 23.4 Å². The molecule has 0 unspecified atom stereocenters. The van der Waals surface area contributed by atoms with Crippen molar-refractivity contribution in [1.82, 2.24) is 15.2 Å². The first-order valence-corrected chi connectivity index (χ1v) is 10.8. The summed E-state index contributed by atoms with van der Waals surface area (Å²) in [6.45, 7) is 2.65. The van der Waals surface area contributed by atoms with Crippen LogP contribution in [-0.4, -0.2) is 35.4 Å². The van der Waals surface area contributed by atoms with Crippen molar-refractivity contribution < 1.29 is 9.21 Å². The lowest BCUT2D eigenvalue weighted by atomic mass is 9.89. The SMILES string of the molecule is O=C(NC[C@H](c1ccco1)N1CCCC1)c1c2c(nc3ccccc13)CCCC2. The minimum Gasteiger partial charge on any atom is -0.468 e. The van der Waals surface area contributed by atoms with Gasteiger partial charge in [0.15, 0.2) is 0 Å². The minimum atomic E-state index is 0.0116. The van der Waals surface area contributed by atoms with E-state index < -0.39 is 0 Å². The van der Waals surface area contributed by atoms with Crippen molar-refractivity contribution in [1.29, 1.82) is 0 Å². The molecule has 3 aromatic rings. The third-order valence-corrected chi connectivity index (χ3v) is 6.31. The van der Waals surface area contributed by atoms with Crippen LogP contribution in [0.15, 0.2) is 47.1 Å². The highest BCUT2D eigenvalue weighted by atomic mass is 16.3. The summed E-state index contributed by atoms with van der Waals surface area (Å²) in [6.07, 6.45) is 8.28. The van der Waals surface area contributed by atoms with E-state index in [0.717, 1.165) is 72.3 Å². The maximum atomic E-state index is 13.4. The minimum absolute atomic E-state index is 0.0116. The number of pyridine rings is 1. The van der Waals surface area contributed by atoms with Crippen molar-refractivity contribution in [2.24, 2.45) is 0 Å². The van der Waals surface area contributed by atoms with Crippen LogP contribution >= 0.6 is 0 Å². The van der Waals surface area contributed by atoms with Gasteiger partial charge < -0.3 is 9.73 Å². The number of hydrogen-bond donors (Lipinski definition) is 1. The molecule has 0 bridgehead atoms. The molecule has 1 amide bonds. The number of carbonyl (C=O) groups is 1. The van der Waals surface area contributed by atoms with E-state index in [1.54, 1.807) is 6.26 Å². The Morgan fingerprint density at radius 2 is 1.90 bits per heavy atom. The lowest BCUT2D eigenvalue weighted by Gasteiger charge is -2.26. The average molecular weight is 389 g/mol. The molecule has 1 fully saturated rings. The third-order valence-electron chi connectivity index (χ3n) is 6.31. The lowest BCUT2D eigenvalue weighted by molar-refractivity contribution is 0.0934. The zero-order valence-corrected chi connectivity index (χ0v) is 16.7. The fourth-order valence-corrected chi connectivity index (χ4v) is 4.85. The maximum Gasteiger partial charge on any atom is 0.252 e. The average Bonchev–Trinajstić information content (AvgIpc) is 3.47. The Hall–Kier alpha value is -2.66. The van der Waals surface area contributed by atoms with E-state index in [1.165, 1.54) is 12.8 Å². The predicted molar refractivity (Wildman–Crippen MR) is 113 cm³/mol. The monoisotopic (exact) mass is 389 g/mol. The summed E-state index contributed by atoms with van der Waals surface area (Å²) in [6, 6.07) is 12.0. The highest BCUT2D eigenvalue weighted by molar-refractivity contribution is 6.07. The van der Waals surface area contributed by atoms with Gasteiger partial charge in [0.1, 0.15) is 5.76 Å². The number of nitrogens with zero attached hydrogens (tertiary/aromatic N) is 2. The molecule has 1 aliphatic carbocycles. The summed E-state index contributed by atoms with van der Waals surface area (Å²) >= 11 is 0. The number of fused-ring (bicyclic) bond motifs is 2. The van der Waals surface area contributed by atoms with Crippen molar-refractivity contribution in [3.8, 4) is 0 Å². The zero-order chi connectivity index (χ0) is 19.6. The summed E-state index contributed by atoms with van der Waals surface area (Å²) in [5.74, 6) is 0.936. The van der Waals surface area contributed by atoms with Crippen LogP contribution in [0, 0.1) is 0 Å². The van der Waals surface area contributed by atoms with Gasteiger partial charge in [0, 0.05) is 17.6 Å². The standard InChI is InChI=1S/C24H27N3O2/c28-24(25-16-21(22-12-7-15-29-22)27-13-5-6-14-27)23-17-8-1-3-10-19(17)26-20-11-4-2-9-18(20)23/h1,3,7-8,10,12,15,21H,2,4-6,9,11,13-14,16H2,(H,25,28)/t21-/m1/s1. The van der Waals surface area contributed by atoms with Gasteiger partial charge in [0.2, 0.25) is 0 Å². The van der Waals surface area contributed by atoms with Gasteiger partial charge in [0.25, 0.3) is 5.91 Å². The zero-order valence-electron chi connectivity index (χ0n) is 16.7. The Balaban J connectivity index is 1.45. The Bertz CT molecular complexity index is 1010. The number of likely N-dealkylation sites (tertiary alicyclic amines) is 1. The summed E-state index contributed by atoms with van der Waals surface area (Å²) in [5.41, 5.74) is 3.98. The van der Waals surface area contributed by atoms with Crippen LogP contribution in [0.25, 0.3) is 10.9 Å². The topological polar surface area (TPSA) is 58.4 Å². The maximum absolute atomic E-state index is 13.4. The van der Waals surface area contributed by atoms with Crippen LogP contribution in [-0.2, 0) is 12.8 Å². The van der Waals surface area contributed by atoms with Gasteiger partial charge in [-0.25, -0.2) is 0 Å². The number of benzene rings is 1. The Kier molecular flexibility index (Phi) is 5.06. The molecule has 2 aliphatic rings. The molecule has 1 aliphatic heterocycles. The molecule has 2 aromatic heterocycles. The molecular formula is C24H27N3O2. The van der Waals surface area contributed by atoms with Crippen LogP contribution < -0.4 is 5.32 Å². The normalized spacial score (nSPS) is 17.9. The molecule has 0 saturated carbocycles. The van der Waals surface area contributed by atoms with Crippen molar-refractivity contribution in [2.45, 2.75) is 44.6 Å². The second kappa shape index (κ2) is 7.99. The van der Waals surface area contributed by atoms with Crippen molar-refractivity contribution in [2.75, 3.05) is 19.6 Å². The van der Waals surface area contributed by atoms with E-state index in [9.17, 15) is 4.79 Å². The van der Waals surface area contributed by atoms with E-state index in [2.05, 4.69) is 10.2 Å². The van der Waals surface area contributed by atoms with Gasteiger partial charge in [-0.15, -0.1) is 0 Å². The van der Waals surface area contributed by atoms with Gasteiger partial charge >= 0.3 is 0 Å². The van der Waals surface area contributed by atoms with Crippen LogP contribution in [0.5, 0.6) is 0 Å². The summed E-state index contributed by atoms with van der Waals surface area (Å²) in [7, 11) is 0. The summed E-state index contributed by atoms with van der Waals surface area (Å²) < 4.78 is 5.70. The second-order valence-electron chi connectivity index (χ2n) is 8.12. The molecule has 1 N–H and O–H groups in total. The first kappa shape index (κ1) is 18.4. The van der Waals surface area contributed by atoms with E-state index in [4.69, 9.17) is 9.40 Å². The number of carbonyl (C=O) groups excluding carboxylic acids is 1. The highest BCUT2D eigenvalue weighted by Gasteiger charge is 2.28. The molecule has 150 valence electrons. The fraction of sp³-hybridized carbons (Fsp3) is 0.417. The van der Waals surface area contributed by atoms with E-state index in [-0.39, 0.29) is 11.9 Å². The molecule has 3 heterocycles. The molecule has 5 rings (SSSR count). The molecule has 5 heteroatoms. The van der Waals surface area contributed by atoms with E-state index in [1.807, 2.05) is 36.4 Å². The molecule has 1 atom stereocenters. The summed E-state index contributed by atoms with van der Waals surface area (Å²) in [5, 5.41) is 4.20. The molecule has 29 heavy (non-hydrogen) atoms. The van der Waals surface area contributed by atoms with Crippen LogP contribution in [0.1, 0.15) is 59.1 Å². The van der Waals surface area contributed by atoms with Crippen molar-refractivity contribution in [3.63, 3.8) is 0 Å². The Morgan fingerprint density at radius 1 is 1.07 bits per heavy atom. The molecular weight excluding hydrogens is 362 g/mol. The molecule has 0 radical (unpaired) electrons. The Labute approximate surface area is 171 Å². The quantitative estimate of drug-likeness (QED) is 0.708. The molecule has 1 saturated heterocycles. The largest absolute Gasteiger partial charge is 0.468 e. The van der Waals surface area contributed by atoms with Crippen molar-refractivity contribution >= 4 is 16.8 Å². The van der Waals surface area contributed by atoms with Gasteiger partial charge in [-0.1, -0.05) is 18.2 Å². The number of aryl methyl sites for hydroxylation is 1. The summed E-state index contributed by atoms with van der Waals surface area (Å²) in [4.78, 5) is 20.7. The smallest absolute Gasteiger partial charge is 0.252 e. The van der Waals surface area contributed by atoms with Gasteiger partial charge in [-0.05, 0) is 75.4 Å². The predicted octanol–water partition coefficient (Wildman–Crippen LogP) is 4.27. The van der Waals surface area contributed by atoms with E-state index in [0.29, 0.717) is 6.54 Å². The highest BCUT2D eigenvalue weighted by Crippen LogP contribution is 2.30. The molecule has 0 spiro atoms. The number of hydrogen-bond acceptors (Lipinski definition) is 4. The fourth-order valence-electron chi connectivity index (χ4n) is 4.85. The number of furan rings is 1. The van der Waals surface area contributed by atoms with Gasteiger partial charge in [-0.2, -0.15) is 0 Å². The second-order valence-corrected chi connectivity index (χ2v) is 8.12. The lowest BCUT2D eigenvalue weighted by Crippen LogP contribution is -2.37. The number of nitrogens with one attached hydrogen (secondary N) is 1. The third kappa shape index (κ3) is 3.55. The van der Waals surface area contributed by atoms with Crippen LogP contribution in [0.3, 0.4) is 0 Å². The number of rotatable bonds is 5. The van der Waals surface area contributed by atoms with Crippen LogP contribution in [0.2, 0.25) is 0 Å².